The summed E-state index contributed by atoms with van der Waals surface area (Å²) in [7, 11) is 0. The number of carboxylic acids is 2. The van der Waals surface area contributed by atoms with Gasteiger partial charge in [-0.2, -0.15) is 0 Å². The average molecular weight is 563 g/mol. The van der Waals surface area contributed by atoms with Gasteiger partial charge in [0.1, 0.15) is 5.75 Å². The Morgan fingerprint density at radius 2 is 1.24 bits per heavy atom. The maximum Gasteiger partial charge on any atom is 0.335 e. The average Bonchev–Trinajstić information content (AvgIpc) is 3.01. The van der Waals surface area contributed by atoms with Crippen LogP contribution in [0.5, 0.6) is 5.75 Å². The summed E-state index contributed by atoms with van der Waals surface area (Å²) in [4.78, 5) is 22.5. The Bertz CT molecular complexity index is 1440. The van der Waals surface area contributed by atoms with Crippen molar-refractivity contribution in [2.24, 2.45) is 5.92 Å². The van der Waals surface area contributed by atoms with Crippen LogP contribution in [0.4, 0.5) is 0 Å². The van der Waals surface area contributed by atoms with Crippen molar-refractivity contribution >= 4 is 18.0 Å². The number of benzene rings is 4. The van der Waals surface area contributed by atoms with Crippen LogP contribution in [-0.4, -0.2) is 28.8 Å². The molecule has 0 saturated carbocycles. The van der Waals surface area contributed by atoms with E-state index in [0.717, 1.165) is 67.4 Å². The van der Waals surface area contributed by atoms with Crippen LogP contribution < -0.4 is 4.74 Å². The molecular formula is C37H38O5. The highest BCUT2D eigenvalue weighted by Gasteiger charge is 2.11. The summed E-state index contributed by atoms with van der Waals surface area (Å²) in [6.07, 6.45) is 11.1. The van der Waals surface area contributed by atoms with E-state index >= 15 is 0 Å². The van der Waals surface area contributed by atoms with Crippen LogP contribution in [-0.2, 0) is 19.3 Å². The van der Waals surface area contributed by atoms with Crippen LogP contribution in [0.1, 0.15) is 68.7 Å². The molecule has 4 aromatic carbocycles. The van der Waals surface area contributed by atoms with Crippen molar-refractivity contribution in [1.29, 1.82) is 0 Å². The van der Waals surface area contributed by atoms with Gasteiger partial charge in [0.25, 0.3) is 0 Å². The van der Waals surface area contributed by atoms with Crippen LogP contribution in [0.25, 0.3) is 6.08 Å². The Balaban J connectivity index is 1.38. The van der Waals surface area contributed by atoms with Crippen molar-refractivity contribution in [3.63, 3.8) is 0 Å². The predicted molar refractivity (Wildman–Crippen MR) is 167 cm³/mol. The fourth-order valence-corrected chi connectivity index (χ4v) is 4.94. The summed E-state index contributed by atoms with van der Waals surface area (Å²) in [6.45, 7) is 0.672. The van der Waals surface area contributed by atoms with Gasteiger partial charge in [-0.3, -0.25) is 0 Å². The third kappa shape index (κ3) is 9.77. The summed E-state index contributed by atoms with van der Waals surface area (Å²) in [5.74, 6) is -0.813. The normalized spacial score (nSPS) is 11.8. The van der Waals surface area contributed by atoms with Crippen LogP contribution in [0.2, 0.25) is 0 Å². The molecule has 0 radical (unpaired) electrons. The minimum Gasteiger partial charge on any atom is -0.493 e. The molecule has 0 aliphatic carbocycles. The molecule has 0 amide bonds. The number of ether oxygens (including phenoxy) is 1. The van der Waals surface area contributed by atoms with Crippen LogP contribution in [0, 0.1) is 5.92 Å². The maximum atomic E-state index is 11.3. The molecule has 0 saturated heterocycles. The molecule has 0 spiro atoms. The first kappa shape index (κ1) is 30.3. The molecule has 4 rings (SSSR count). The molecule has 0 bridgehead atoms. The van der Waals surface area contributed by atoms with Gasteiger partial charge in [0.2, 0.25) is 0 Å². The third-order valence-electron chi connectivity index (χ3n) is 7.38. The number of hydrogen-bond donors (Lipinski definition) is 2. The molecule has 216 valence electrons. The lowest BCUT2D eigenvalue weighted by Gasteiger charge is -2.15. The Hall–Kier alpha value is -4.64. The van der Waals surface area contributed by atoms with Gasteiger partial charge in [0.15, 0.2) is 0 Å². The maximum absolute atomic E-state index is 11.3. The minimum atomic E-state index is -0.935. The molecule has 1 atom stereocenters. The first-order valence-corrected chi connectivity index (χ1v) is 14.6. The molecule has 0 heterocycles. The van der Waals surface area contributed by atoms with Gasteiger partial charge in [-0.1, -0.05) is 84.9 Å². The van der Waals surface area contributed by atoms with E-state index in [1.54, 1.807) is 24.3 Å². The monoisotopic (exact) mass is 562 g/mol. The SMILES string of the molecule is O=C(O)c1ccc(CCC(C=Cc2ccccc2OCCCCCc2ccccc2)Cc2ccc(C(=O)O)cc2)cc1. The molecule has 0 aromatic heterocycles. The zero-order valence-electron chi connectivity index (χ0n) is 23.8. The fraction of sp³-hybridized carbons (Fsp3) is 0.243. The van der Waals surface area contributed by atoms with Gasteiger partial charge in [0.05, 0.1) is 17.7 Å². The van der Waals surface area contributed by atoms with Crippen molar-refractivity contribution in [1.82, 2.24) is 0 Å². The Morgan fingerprint density at radius 1 is 0.643 bits per heavy atom. The quantitative estimate of drug-likeness (QED) is 0.134. The minimum absolute atomic E-state index is 0.186. The van der Waals surface area contributed by atoms with E-state index in [2.05, 4.69) is 42.5 Å². The van der Waals surface area contributed by atoms with Crippen LogP contribution in [0.15, 0.2) is 109 Å². The van der Waals surface area contributed by atoms with Crippen molar-refractivity contribution in [3.05, 3.63) is 143 Å². The van der Waals surface area contributed by atoms with Gasteiger partial charge in [-0.05, 0) is 97.9 Å². The zero-order valence-corrected chi connectivity index (χ0v) is 23.8. The van der Waals surface area contributed by atoms with E-state index in [-0.39, 0.29) is 17.0 Å². The molecule has 0 aliphatic rings. The van der Waals surface area contributed by atoms with E-state index in [0.29, 0.717) is 6.61 Å². The Labute approximate surface area is 248 Å². The van der Waals surface area contributed by atoms with Gasteiger partial charge in [0, 0.05) is 5.56 Å². The number of unbranched alkanes of at least 4 members (excludes halogenated alkanes) is 2. The molecule has 42 heavy (non-hydrogen) atoms. The molecule has 0 aliphatic heterocycles. The number of hydrogen-bond acceptors (Lipinski definition) is 3. The first-order valence-electron chi connectivity index (χ1n) is 14.6. The highest BCUT2D eigenvalue weighted by atomic mass is 16.5. The van der Waals surface area contributed by atoms with Crippen molar-refractivity contribution in [2.45, 2.75) is 44.9 Å². The molecule has 2 N–H and O–H groups in total. The van der Waals surface area contributed by atoms with E-state index in [9.17, 15) is 19.8 Å². The third-order valence-corrected chi connectivity index (χ3v) is 7.38. The van der Waals surface area contributed by atoms with Crippen molar-refractivity contribution in [2.75, 3.05) is 6.61 Å². The van der Waals surface area contributed by atoms with Crippen LogP contribution >= 0.6 is 0 Å². The zero-order chi connectivity index (χ0) is 29.6. The van der Waals surface area contributed by atoms with Crippen molar-refractivity contribution in [3.8, 4) is 5.75 Å². The van der Waals surface area contributed by atoms with Gasteiger partial charge < -0.3 is 14.9 Å². The summed E-state index contributed by atoms with van der Waals surface area (Å²) in [6, 6.07) is 32.7. The molecule has 5 nitrogen and oxygen atoms in total. The first-order chi connectivity index (χ1) is 20.5. The highest BCUT2D eigenvalue weighted by molar-refractivity contribution is 5.88. The summed E-state index contributed by atoms with van der Waals surface area (Å²) in [5, 5.41) is 18.4. The van der Waals surface area contributed by atoms with Gasteiger partial charge >= 0.3 is 11.9 Å². The lowest BCUT2D eigenvalue weighted by Crippen LogP contribution is -2.05. The number of allylic oxidation sites excluding steroid dienone is 1. The van der Waals surface area contributed by atoms with E-state index < -0.39 is 11.9 Å². The number of carbonyl (C=O) groups is 2. The second kappa shape index (κ2) is 16.0. The standard InChI is InChI=1S/C37H38O5/c38-36(39)33-22-16-29(17-23-33)14-15-30(27-31-19-24-34(25-20-31)37(40)41)18-21-32-12-6-7-13-35(32)42-26-8-2-5-11-28-9-3-1-4-10-28/h1,3-4,6-7,9-10,12-13,16-25,30H,2,5,8,11,14-15,26-27H2,(H,38,39)(H,40,41). The summed E-state index contributed by atoms with van der Waals surface area (Å²) >= 11 is 0. The smallest absolute Gasteiger partial charge is 0.335 e. The number of aromatic carboxylic acids is 2. The largest absolute Gasteiger partial charge is 0.493 e. The second-order valence-electron chi connectivity index (χ2n) is 10.5. The van der Waals surface area contributed by atoms with Gasteiger partial charge in [-0.15, -0.1) is 0 Å². The molecular weight excluding hydrogens is 524 g/mol. The van der Waals surface area contributed by atoms with Gasteiger partial charge in [-0.25, -0.2) is 9.59 Å². The summed E-state index contributed by atoms with van der Waals surface area (Å²) < 4.78 is 6.18. The molecule has 0 fully saturated rings. The van der Waals surface area contributed by atoms with E-state index in [4.69, 9.17) is 4.74 Å². The van der Waals surface area contributed by atoms with Crippen LogP contribution in [0.3, 0.4) is 0 Å². The Kier molecular flexibility index (Phi) is 11.5. The number of aryl methyl sites for hydroxylation is 2. The second-order valence-corrected chi connectivity index (χ2v) is 10.5. The molecule has 4 aromatic rings. The molecule has 5 heteroatoms. The van der Waals surface area contributed by atoms with Crippen molar-refractivity contribution < 1.29 is 24.5 Å². The fourth-order valence-electron chi connectivity index (χ4n) is 4.94. The number of carboxylic acid groups (broad SMARTS) is 2. The predicted octanol–water partition coefficient (Wildman–Crippen LogP) is 8.38. The Morgan fingerprint density at radius 3 is 1.90 bits per heavy atom. The lowest BCUT2D eigenvalue weighted by atomic mass is 9.91. The summed E-state index contributed by atoms with van der Waals surface area (Å²) in [5.41, 5.74) is 5.10. The number of para-hydroxylation sites is 1. The highest BCUT2D eigenvalue weighted by Crippen LogP contribution is 2.24. The lowest BCUT2D eigenvalue weighted by molar-refractivity contribution is 0.0686. The number of rotatable bonds is 16. The molecule has 1 unspecified atom stereocenters. The topological polar surface area (TPSA) is 83.8 Å². The van der Waals surface area contributed by atoms with E-state index in [1.807, 2.05) is 48.5 Å². The van der Waals surface area contributed by atoms with E-state index in [1.165, 1.54) is 5.56 Å².